The van der Waals surface area contributed by atoms with Crippen molar-refractivity contribution in [3.05, 3.63) is 82.8 Å². The van der Waals surface area contributed by atoms with Crippen molar-refractivity contribution in [3.63, 3.8) is 0 Å². The number of aryl methyl sites for hydroxylation is 2. The Balaban J connectivity index is 0.000000378. The number of ether oxygens (including phenoxy) is 4. The van der Waals surface area contributed by atoms with E-state index in [0.29, 0.717) is 29.2 Å². The third-order valence-electron chi connectivity index (χ3n) is 5.81. The highest BCUT2D eigenvalue weighted by molar-refractivity contribution is 5.92. The van der Waals surface area contributed by atoms with Gasteiger partial charge >= 0.3 is 18.0 Å². The van der Waals surface area contributed by atoms with Gasteiger partial charge in [-0.1, -0.05) is 12.1 Å². The Bertz CT molecular complexity index is 1390. The standard InChI is InChI=1S/C22H28N2O5.C12H17NO2/c1-6-28-20(25)14-17-11-12-23-19(13-17)24(21(26)29-22(2,3)4)15-16-7-9-18(27-5)10-8-16;1-8-6-7-13-9(2)10(8)11(14)15-12(3,4)5/h7-13H,6,14-15H2,1-5H3;6-7H,1-5H3. The number of amides is 1. The summed E-state index contributed by atoms with van der Waals surface area (Å²) in [4.78, 5) is 46.4. The quantitative estimate of drug-likeness (QED) is 0.201. The SMILES string of the molecule is CCOC(=O)Cc1ccnc(N(Cc2ccc(OC)cc2)C(=O)OC(C)(C)C)c1.Cc1ccnc(C)c1C(=O)OC(C)(C)C. The van der Waals surface area contributed by atoms with E-state index < -0.39 is 17.3 Å². The van der Waals surface area contributed by atoms with Crippen LogP contribution in [0.5, 0.6) is 5.75 Å². The third kappa shape index (κ3) is 12.0. The summed E-state index contributed by atoms with van der Waals surface area (Å²) < 4.78 is 21.1. The average molecular weight is 608 g/mol. The smallest absolute Gasteiger partial charge is 0.416 e. The molecule has 10 nitrogen and oxygen atoms in total. The number of nitrogens with zero attached hydrogens (tertiary/aromatic N) is 3. The van der Waals surface area contributed by atoms with E-state index in [1.807, 2.05) is 65.0 Å². The van der Waals surface area contributed by atoms with Crippen LogP contribution in [-0.2, 0) is 32.0 Å². The summed E-state index contributed by atoms with van der Waals surface area (Å²) in [6.07, 6.45) is 2.84. The Morgan fingerprint density at radius 3 is 1.98 bits per heavy atom. The maximum absolute atomic E-state index is 12.9. The number of carbonyl (C=O) groups is 3. The lowest BCUT2D eigenvalue weighted by Gasteiger charge is -2.27. The zero-order valence-corrected chi connectivity index (χ0v) is 27.5. The molecule has 1 aromatic carbocycles. The highest BCUT2D eigenvalue weighted by atomic mass is 16.6. The Labute approximate surface area is 260 Å². The predicted octanol–water partition coefficient (Wildman–Crippen LogP) is 6.79. The van der Waals surface area contributed by atoms with Gasteiger partial charge in [0, 0.05) is 12.4 Å². The van der Waals surface area contributed by atoms with Gasteiger partial charge in [0.1, 0.15) is 22.8 Å². The number of carbonyl (C=O) groups excluding carboxylic acids is 3. The van der Waals surface area contributed by atoms with E-state index in [2.05, 4.69) is 9.97 Å². The van der Waals surface area contributed by atoms with Crippen molar-refractivity contribution in [2.75, 3.05) is 18.6 Å². The molecule has 1 amide bonds. The van der Waals surface area contributed by atoms with Crippen molar-refractivity contribution in [2.45, 2.75) is 86.5 Å². The van der Waals surface area contributed by atoms with Crippen LogP contribution in [0.3, 0.4) is 0 Å². The molecule has 0 unspecified atom stereocenters. The third-order valence-corrected chi connectivity index (χ3v) is 5.81. The number of esters is 2. The molecule has 0 aliphatic rings. The summed E-state index contributed by atoms with van der Waals surface area (Å²) in [7, 11) is 1.60. The Hall–Kier alpha value is -4.47. The van der Waals surface area contributed by atoms with Crippen molar-refractivity contribution in [3.8, 4) is 5.75 Å². The van der Waals surface area contributed by atoms with Crippen molar-refractivity contribution >= 4 is 23.8 Å². The molecular weight excluding hydrogens is 562 g/mol. The number of methoxy groups -OCH3 is 1. The minimum Gasteiger partial charge on any atom is -0.497 e. The zero-order chi connectivity index (χ0) is 33.1. The van der Waals surface area contributed by atoms with Gasteiger partial charge in [0.05, 0.1) is 37.9 Å². The van der Waals surface area contributed by atoms with Crippen molar-refractivity contribution in [2.24, 2.45) is 0 Å². The van der Waals surface area contributed by atoms with E-state index in [4.69, 9.17) is 18.9 Å². The highest BCUT2D eigenvalue weighted by Crippen LogP contribution is 2.22. The van der Waals surface area contributed by atoms with Gasteiger partial charge in [-0.05, 0) is 109 Å². The van der Waals surface area contributed by atoms with Gasteiger partial charge in [0.15, 0.2) is 0 Å². The number of benzene rings is 1. The molecule has 0 bridgehead atoms. The second-order valence-electron chi connectivity index (χ2n) is 12.0. The normalized spacial score (nSPS) is 11.0. The van der Waals surface area contributed by atoms with Crippen LogP contribution in [0.15, 0.2) is 54.9 Å². The van der Waals surface area contributed by atoms with Crippen LogP contribution < -0.4 is 9.64 Å². The number of hydrogen-bond donors (Lipinski definition) is 0. The van der Waals surface area contributed by atoms with Crippen LogP contribution in [0, 0.1) is 13.8 Å². The van der Waals surface area contributed by atoms with E-state index >= 15 is 0 Å². The van der Waals surface area contributed by atoms with Gasteiger partial charge in [-0.25, -0.2) is 14.6 Å². The zero-order valence-electron chi connectivity index (χ0n) is 27.5. The van der Waals surface area contributed by atoms with Crippen molar-refractivity contribution < 1.29 is 33.3 Å². The number of aromatic nitrogens is 2. The summed E-state index contributed by atoms with van der Waals surface area (Å²) in [5.74, 6) is 0.498. The van der Waals surface area contributed by atoms with E-state index in [1.54, 1.807) is 59.3 Å². The molecule has 0 aliphatic heterocycles. The first-order valence-corrected chi connectivity index (χ1v) is 14.4. The fourth-order valence-corrected chi connectivity index (χ4v) is 3.90. The molecule has 0 saturated carbocycles. The molecule has 3 aromatic rings. The Kier molecular flexibility index (Phi) is 12.9. The first kappa shape index (κ1) is 35.7. The van der Waals surface area contributed by atoms with Crippen LogP contribution in [0.2, 0.25) is 0 Å². The van der Waals surface area contributed by atoms with Gasteiger partial charge in [-0.2, -0.15) is 0 Å². The minimum atomic E-state index is -0.655. The van der Waals surface area contributed by atoms with Crippen molar-refractivity contribution in [1.29, 1.82) is 0 Å². The summed E-state index contributed by atoms with van der Waals surface area (Å²) in [5, 5.41) is 0. The van der Waals surface area contributed by atoms with E-state index in [1.165, 1.54) is 4.90 Å². The number of pyridine rings is 2. The van der Waals surface area contributed by atoms with Gasteiger partial charge in [-0.15, -0.1) is 0 Å². The topological polar surface area (TPSA) is 117 Å². The summed E-state index contributed by atoms with van der Waals surface area (Å²) >= 11 is 0. The summed E-state index contributed by atoms with van der Waals surface area (Å²) in [5.41, 5.74) is 2.66. The second-order valence-corrected chi connectivity index (χ2v) is 12.0. The van der Waals surface area contributed by atoms with Crippen LogP contribution in [0.4, 0.5) is 10.6 Å². The van der Waals surface area contributed by atoms with E-state index in [9.17, 15) is 14.4 Å². The van der Waals surface area contributed by atoms with Gasteiger partial charge in [0.2, 0.25) is 0 Å². The molecular formula is C34H45N3O7. The first-order chi connectivity index (χ1) is 20.5. The Morgan fingerprint density at radius 1 is 0.818 bits per heavy atom. The van der Waals surface area contributed by atoms with Crippen LogP contribution >= 0.6 is 0 Å². The molecule has 238 valence electrons. The molecule has 0 N–H and O–H groups in total. The minimum absolute atomic E-state index is 0.105. The highest BCUT2D eigenvalue weighted by Gasteiger charge is 2.25. The maximum atomic E-state index is 12.9. The van der Waals surface area contributed by atoms with E-state index in [-0.39, 0.29) is 24.9 Å². The lowest BCUT2D eigenvalue weighted by molar-refractivity contribution is -0.142. The van der Waals surface area contributed by atoms with Gasteiger partial charge in [0.25, 0.3) is 0 Å². The second kappa shape index (κ2) is 15.8. The molecule has 3 rings (SSSR count). The summed E-state index contributed by atoms with van der Waals surface area (Å²) in [6.45, 7) is 17.0. The average Bonchev–Trinajstić information content (AvgIpc) is 2.90. The van der Waals surface area contributed by atoms with E-state index in [0.717, 1.165) is 16.9 Å². The fourth-order valence-electron chi connectivity index (χ4n) is 3.90. The molecule has 0 radical (unpaired) electrons. The largest absolute Gasteiger partial charge is 0.497 e. The molecule has 2 heterocycles. The number of anilines is 1. The Morgan fingerprint density at radius 2 is 1.43 bits per heavy atom. The van der Waals surface area contributed by atoms with Crippen LogP contribution in [0.25, 0.3) is 0 Å². The molecule has 0 aliphatic carbocycles. The lowest BCUT2D eigenvalue weighted by atomic mass is 10.1. The predicted molar refractivity (Wildman–Crippen MR) is 169 cm³/mol. The van der Waals surface area contributed by atoms with Crippen LogP contribution in [0.1, 0.15) is 81.2 Å². The number of hydrogen-bond acceptors (Lipinski definition) is 9. The molecule has 2 aromatic heterocycles. The lowest BCUT2D eigenvalue weighted by Crippen LogP contribution is -2.37. The summed E-state index contributed by atoms with van der Waals surface area (Å²) in [6, 6.07) is 12.6. The fraction of sp³-hybridized carbons (Fsp3) is 0.441. The first-order valence-electron chi connectivity index (χ1n) is 14.4. The van der Waals surface area contributed by atoms with Crippen LogP contribution in [-0.4, -0.2) is 52.9 Å². The number of rotatable bonds is 8. The maximum Gasteiger partial charge on any atom is 0.416 e. The molecule has 44 heavy (non-hydrogen) atoms. The van der Waals surface area contributed by atoms with Crippen molar-refractivity contribution in [1.82, 2.24) is 9.97 Å². The molecule has 0 spiro atoms. The van der Waals surface area contributed by atoms with Gasteiger partial charge in [-0.3, -0.25) is 14.7 Å². The van der Waals surface area contributed by atoms with Gasteiger partial charge < -0.3 is 18.9 Å². The monoisotopic (exact) mass is 607 g/mol. The molecule has 0 fully saturated rings. The molecule has 0 atom stereocenters. The molecule has 0 saturated heterocycles. The molecule has 10 heteroatoms.